The maximum Gasteiger partial charge on any atom is 0.164 e. The van der Waals surface area contributed by atoms with Crippen molar-refractivity contribution < 1.29 is 4.79 Å². The minimum Gasteiger partial charge on any atom is -0.295 e. The zero-order chi connectivity index (χ0) is 14.7. The molecule has 0 radical (unpaired) electrons. The van der Waals surface area contributed by atoms with Gasteiger partial charge in [-0.15, -0.1) is 11.3 Å². The van der Waals surface area contributed by atoms with E-state index in [0.29, 0.717) is 12.5 Å². The fourth-order valence-electron chi connectivity index (χ4n) is 2.70. The zero-order valence-electron chi connectivity index (χ0n) is 12.4. The summed E-state index contributed by atoms with van der Waals surface area (Å²) in [6.45, 7) is 3.87. The molecule has 21 heavy (non-hydrogen) atoms. The number of nitrogens with zero attached hydrogens (tertiary/aromatic N) is 1. The van der Waals surface area contributed by atoms with Gasteiger partial charge in [-0.3, -0.25) is 9.69 Å². The summed E-state index contributed by atoms with van der Waals surface area (Å²) in [5, 5.41) is 2.12. The van der Waals surface area contributed by atoms with E-state index in [2.05, 4.69) is 22.4 Å². The smallest absolute Gasteiger partial charge is 0.164 e. The Morgan fingerprint density at radius 1 is 1.24 bits per heavy atom. The normalized spacial score (nSPS) is 14.6. The Kier molecular flexibility index (Phi) is 4.51. The van der Waals surface area contributed by atoms with Gasteiger partial charge in [0.25, 0.3) is 0 Å². The van der Waals surface area contributed by atoms with Crippen LogP contribution in [0.1, 0.15) is 40.1 Å². The standard InChI is InChI=1S/C18H21NOS/c1-14-5-2-3-7-17(14)18(20)10-11-19(15-8-9-15)13-16-6-4-12-21-16/h2-7,12,15H,8-11,13H2,1H3. The lowest BCUT2D eigenvalue weighted by molar-refractivity contribution is 0.0960. The van der Waals surface area contributed by atoms with Gasteiger partial charge in [0, 0.05) is 36.0 Å². The average molecular weight is 299 g/mol. The summed E-state index contributed by atoms with van der Waals surface area (Å²) in [6, 6.07) is 12.9. The fourth-order valence-corrected chi connectivity index (χ4v) is 3.43. The average Bonchev–Trinajstić information content (AvgIpc) is 3.21. The quantitative estimate of drug-likeness (QED) is 0.711. The van der Waals surface area contributed by atoms with Gasteiger partial charge in [0.1, 0.15) is 0 Å². The number of ketones is 1. The Morgan fingerprint density at radius 3 is 2.71 bits per heavy atom. The summed E-state index contributed by atoms with van der Waals surface area (Å²) in [7, 11) is 0. The van der Waals surface area contributed by atoms with Crippen molar-refractivity contribution in [2.45, 2.75) is 38.8 Å². The van der Waals surface area contributed by atoms with Crippen LogP contribution in [-0.4, -0.2) is 23.3 Å². The summed E-state index contributed by atoms with van der Waals surface area (Å²) in [6.07, 6.45) is 3.18. The van der Waals surface area contributed by atoms with Crippen molar-refractivity contribution in [3.63, 3.8) is 0 Å². The molecule has 1 aromatic carbocycles. The lowest BCUT2D eigenvalue weighted by Gasteiger charge is -2.21. The van der Waals surface area contributed by atoms with Crippen LogP contribution in [0.4, 0.5) is 0 Å². The summed E-state index contributed by atoms with van der Waals surface area (Å²) < 4.78 is 0. The van der Waals surface area contributed by atoms with Crippen LogP contribution in [0.15, 0.2) is 41.8 Å². The summed E-state index contributed by atoms with van der Waals surface area (Å²) in [4.78, 5) is 16.3. The molecule has 0 amide bonds. The minimum atomic E-state index is 0.268. The number of carbonyl (C=O) groups excluding carboxylic acids is 1. The first-order valence-corrected chi connectivity index (χ1v) is 8.47. The molecule has 1 aliphatic rings. The van der Waals surface area contributed by atoms with E-state index in [1.165, 1.54) is 17.7 Å². The van der Waals surface area contributed by atoms with Crippen LogP contribution in [0, 0.1) is 6.92 Å². The van der Waals surface area contributed by atoms with Crippen LogP contribution in [-0.2, 0) is 6.54 Å². The van der Waals surface area contributed by atoms with Crippen molar-refractivity contribution in [1.82, 2.24) is 4.90 Å². The van der Waals surface area contributed by atoms with Crippen molar-refractivity contribution in [1.29, 1.82) is 0 Å². The monoisotopic (exact) mass is 299 g/mol. The highest BCUT2D eigenvalue weighted by Gasteiger charge is 2.29. The third-order valence-electron chi connectivity index (χ3n) is 4.07. The summed E-state index contributed by atoms with van der Waals surface area (Å²) in [5.74, 6) is 0.268. The fraction of sp³-hybridized carbons (Fsp3) is 0.389. The topological polar surface area (TPSA) is 20.3 Å². The van der Waals surface area contributed by atoms with Gasteiger partial charge in [-0.05, 0) is 36.8 Å². The van der Waals surface area contributed by atoms with E-state index in [1.807, 2.05) is 31.2 Å². The van der Waals surface area contributed by atoms with Gasteiger partial charge in [-0.25, -0.2) is 0 Å². The maximum absolute atomic E-state index is 12.4. The second-order valence-electron chi connectivity index (χ2n) is 5.77. The molecule has 0 spiro atoms. The van der Waals surface area contributed by atoms with E-state index in [4.69, 9.17) is 0 Å². The number of thiophene rings is 1. The molecule has 1 saturated carbocycles. The largest absolute Gasteiger partial charge is 0.295 e. The van der Waals surface area contributed by atoms with Gasteiger partial charge in [0.2, 0.25) is 0 Å². The molecule has 1 fully saturated rings. The number of benzene rings is 1. The molecule has 1 heterocycles. The third-order valence-corrected chi connectivity index (χ3v) is 4.94. The molecule has 0 aliphatic heterocycles. The van der Waals surface area contributed by atoms with Crippen LogP contribution >= 0.6 is 11.3 Å². The molecule has 110 valence electrons. The minimum absolute atomic E-state index is 0.268. The highest BCUT2D eigenvalue weighted by Crippen LogP contribution is 2.29. The highest BCUT2D eigenvalue weighted by atomic mass is 32.1. The molecule has 2 nitrogen and oxygen atoms in total. The first kappa shape index (κ1) is 14.5. The van der Waals surface area contributed by atoms with Crippen molar-refractivity contribution in [2.24, 2.45) is 0 Å². The first-order valence-electron chi connectivity index (χ1n) is 7.59. The second kappa shape index (κ2) is 6.54. The van der Waals surface area contributed by atoms with E-state index < -0.39 is 0 Å². The van der Waals surface area contributed by atoms with E-state index in [9.17, 15) is 4.79 Å². The summed E-state index contributed by atoms with van der Waals surface area (Å²) in [5.41, 5.74) is 1.96. The van der Waals surface area contributed by atoms with Gasteiger partial charge in [-0.1, -0.05) is 30.3 Å². The molecule has 1 aliphatic carbocycles. The number of carbonyl (C=O) groups is 1. The second-order valence-corrected chi connectivity index (χ2v) is 6.80. The molecule has 2 aromatic rings. The molecule has 0 unspecified atom stereocenters. The molecule has 3 heteroatoms. The van der Waals surface area contributed by atoms with E-state index >= 15 is 0 Å². The summed E-state index contributed by atoms with van der Waals surface area (Å²) >= 11 is 1.80. The van der Waals surface area contributed by atoms with Gasteiger partial charge >= 0.3 is 0 Å². The van der Waals surface area contributed by atoms with E-state index in [1.54, 1.807) is 11.3 Å². The lowest BCUT2D eigenvalue weighted by Crippen LogP contribution is -2.28. The first-order chi connectivity index (χ1) is 10.2. The van der Waals surface area contributed by atoms with Crippen molar-refractivity contribution in [3.05, 3.63) is 57.8 Å². The van der Waals surface area contributed by atoms with Crippen LogP contribution in [0.3, 0.4) is 0 Å². The maximum atomic E-state index is 12.4. The van der Waals surface area contributed by atoms with E-state index in [0.717, 1.165) is 24.2 Å². The lowest BCUT2D eigenvalue weighted by atomic mass is 10.0. The Labute approximate surface area is 130 Å². The Hall–Kier alpha value is -1.45. The zero-order valence-corrected chi connectivity index (χ0v) is 13.2. The molecule has 0 atom stereocenters. The Bertz CT molecular complexity index is 601. The number of Topliss-reactive ketones (excluding diaryl/α,β-unsaturated/α-hetero) is 1. The third kappa shape index (κ3) is 3.80. The van der Waals surface area contributed by atoms with Crippen molar-refractivity contribution in [2.75, 3.05) is 6.54 Å². The predicted molar refractivity (Wildman–Crippen MR) is 87.9 cm³/mol. The van der Waals surface area contributed by atoms with Crippen LogP contribution in [0.25, 0.3) is 0 Å². The van der Waals surface area contributed by atoms with Gasteiger partial charge < -0.3 is 0 Å². The molecule has 3 rings (SSSR count). The molecule has 0 bridgehead atoms. The SMILES string of the molecule is Cc1ccccc1C(=O)CCN(Cc1cccs1)C1CC1. The van der Waals surface area contributed by atoms with Gasteiger partial charge in [-0.2, -0.15) is 0 Å². The molecule has 1 aromatic heterocycles. The molecular formula is C18H21NOS. The van der Waals surface area contributed by atoms with Crippen LogP contribution in [0.5, 0.6) is 0 Å². The number of hydrogen-bond donors (Lipinski definition) is 0. The number of aryl methyl sites for hydroxylation is 1. The van der Waals surface area contributed by atoms with Crippen molar-refractivity contribution >= 4 is 17.1 Å². The van der Waals surface area contributed by atoms with Gasteiger partial charge in [0.05, 0.1) is 0 Å². The van der Waals surface area contributed by atoms with Crippen LogP contribution in [0.2, 0.25) is 0 Å². The van der Waals surface area contributed by atoms with Gasteiger partial charge in [0.15, 0.2) is 5.78 Å². The molecule has 0 N–H and O–H groups in total. The Morgan fingerprint density at radius 2 is 2.05 bits per heavy atom. The van der Waals surface area contributed by atoms with E-state index in [-0.39, 0.29) is 5.78 Å². The Balaban J connectivity index is 1.59. The van der Waals surface area contributed by atoms with Crippen LogP contribution < -0.4 is 0 Å². The molecular weight excluding hydrogens is 278 g/mol. The number of hydrogen-bond acceptors (Lipinski definition) is 3. The van der Waals surface area contributed by atoms with Crippen molar-refractivity contribution in [3.8, 4) is 0 Å². The highest BCUT2D eigenvalue weighted by molar-refractivity contribution is 7.09. The molecule has 0 saturated heterocycles. The predicted octanol–water partition coefficient (Wildman–Crippen LogP) is 4.29. The number of rotatable bonds is 7.